The number of hydrogen-bond donors (Lipinski definition) is 2. The highest BCUT2D eigenvalue weighted by Crippen LogP contribution is 2.20. The molecule has 5 nitrogen and oxygen atoms in total. The Morgan fingerprint density at radius 3 is 2.18 bits per heavy atom. The maximum Gasteiger partial charge on any atom is 0.271 e. The molecule has 0 aliphatic rings. The van der Waals surface area contributed by atoms with Gasteiger partial charge in [0.15, 0.2) is 0 Å². The van der Waals surface area contributed by atoms with Crippen LogP contribution in [0.25, 0.3) is 0 Å². The number of amides is 2. The van der Waals surface area contributed by atoms with Crippen LogP contribution in [-0.4, -0.2) is 11.8 Å². The van der Waals surface area contributed by atoms with Crippen LogP contribution in [0.1, 0.15) is 26.3 Å². The van der Waals surface area contributed by atoms with E-state index in [4.69, 9.17) is 27.9 Å². The molecule has 0 heterocycles. The van der Waals surface area contributed by atoms with Crippen LogP contribution in [0.4, 0.5) is 0 Å². The third-order valence-corrected chi connectivity index (χ3v) is 4.38. The number of rotatable bonds is 5. The molecule has 3 rings (SSSR count). The van der Waals surface area contributed by atoms with Gasteiger partial charge in [0.25, 0.3) is 11.8 Å². The topological polar surface area (TPSA) is 67.4 Å². The molecule has 0 saturated carbocycles. The lowest BCUT2D eigenvalue weighted by Crippen LogP contribution is -2.41. The number of hydrogen-bond acceptors (Lipinski definition) is 3. The fraction of sp³-hybridized carbons (Fsp3) is 0.0476. The van der Waals surface area contributed by atoms with E-state index in [2.05, 4.69) is 10.9 Å². The van der Waals surface area contributed by atoms with Gasteiger partial charge in [0.05, 0.1) is 10.6 Å². The second-order valence-electron chi connectivity index (χ2n) is 5.83. The molecular formula is C21H16Cl2N2O3. The average Bonchev–Trinajstić information content (AvgIpc) is 2.71. The van der Waals surface area contributed by atoms with Gasteiger partial charge in [-0.05, 0) is 48.0 Å². The molecule has 0 bridgehead atoms. The summed E-state index contributed by atoms with van der Waals surface area (Å²) in [6.45, 7) is 0.435. The highest BCUT2D eigenvalue weighted by atomic mass is 35.5. The van der Waals surface area contributed by atoms with Crippen molar-refractivity contribution in [3.63, 3.8) is 0 Å². The van der Waals surface area contributed by atoms with Crippen molar-refractivity contribution < 1.29 is 14.3 Å². The number of halogens is 2. The largest absolute Gasteiger partial charge is 0.489 e. The lowest BCUT2D eigenvalue weighted by Gasteiger charge is -2.10. The third kappa shape index (κ3) is 5.25. The van der Waals surface area contributed by atoms with Gasteiger partial charge in [0.2, 0.25) is 0 Å². The molecule has 142 valence electrons. The van der Waals surface area contributed by atoms with Crippen molar-refractivity contribution in [1.82, 2.24) is 10.9 Å². The van der Waals surface area contributed by atoms with Gasteiger partial charge in [0, 0.05) is 10.6 Å². The Hall–Kier alpha value is -3.02. The Labute approximate surface area is 172 Å². The second-order valence-corrected chi connectivity index (χ2v) is 6.67. The van der Waals surface area contributed by atoms with Crippen LogP contribution < -0.4 is 15.6 Å². The van der Waals surface area contributed by atoms with E-state index in [-0.39, 0.29) is 10.6 Å². The zero-order valence-electron chi connectivity index (χ0n) is 14.6. The minimum absolute atomic E-state index is 0.194. The molecule has 7 heteroatoms. The monoisotopic (exact) mass is 414 g/mol. The third-order valence-electron chi connectivity index (χ3n) is 3.83. The molecular weight excluding hydrogens is 399 g/mol. The number of nitrogens with one attached hydrogen (secondary N) is 2. The zero-order valence-corrected chi connectivity index (χ0v) is 16.1. The minimum atomic E-state index is -0.544. The van der Waals surface area contributed by atoms with E-state index in [9.17, 15) is 9.59 Å². The molecule has 0 spiro atoms. The average molecular weight is 415 g/mol. The van der Waals surface area contributed by atoms with Gasteiger partial charge in [-0.3, -0.25) is 20.4 Å². The first-order valence-electron chi connectivity index (χ1n) is 8.35. The van der Waals surface area contributed by atoms with Crippen LogP contribution in [0.15, 0.2) is 72.8 Å². The summed E-state index contributed by atoms with van der Waals surface area (Å²) in [7, 11) is 0. The van der Waals surface area contributed by atoms with Gasteiger partial charge in [0.1, 0.15) is 12.4 Å². The summed E-state index contributed by atoms with van der Waals surface area (Å²) in [5.74, 6) is -0.372. The summed E-state index contributed by atoms with van der Waals surface area (Å²) < 4.78 is 5.68. The molecule has 3 aromatic rings. The standard InChI is InChI=1S/C21H16Cl2N2O3/c22-16-8-11-18(19(23)12-16)21(27)25-24-20(26)15-6-9-17(10-7-15)28-13-14-4-2-1-3-5-14/h1-12H,13H2,(H,24,26)(H,25,27). The van der Waals surface area contributed by atoms with Crippen molar-refractivity contribution in [2.75, 3.05) is 0 Å². The summed E-state index contributed by atoms with van der Waals surface area (Å²) in [6.07, 6.45) is 0. The van der Waals surface area contributed by atoms with E-state index in [0.29, 0.717) is 22.9 Å². The predicted octanol–water partition coefficient (Wildman–Crippen LogP) is 4.65. The molecule has 28 heavy (non-hydrogen) atoms. The number of carbonyl (C=O) groups is 2. The van der Waals surface area contributed by atoms with Crippen molar-refractivity contribution in [3.8, 4) is 5.75 Å². The second kappa shape index (κ2) is 9.26. The molecule has 0 saturated heterocycles. The molecule has 3 aromatic carbocycles. The molecule has 0 aliphatic carbocycles. The van der Waals surface area contributed by atoms with Crippen molar-refractivity contribution >= 4 is 35.0 Å². The molecule has 2 N–H and O–H groups in total. The first kappa shape index (κ1) is 19.7. The van der Waals surface area contributed by atoms with E-state index < -0.39 is 11.8 Å². The van der Waals surface area contributed by atoms with Gasteiger partial charge in [-0.15, -0.1) is 0 Å². The van der Waals surface area contributed by atoms with Gasteiger partial charge in [-0.1, -0.05) is 53.5 Å². The summed E-state index contributed by atoms with van der Waals surface area (Å²) >= 11 is 11.8. The van der Waals surface area contributed by atoms with Crippen LogP contribution in [0.2, 0.25) is 10.0 Å². The molecule has 0 aromatic heterocycles. The summed E-state index contributed by atoms with van der Waals surface area (Å²) in [5, 5.41) is 0.610. The van der Waals surface area contributed by atoms with Crippen molar-refractivity contribution in [2.24, 2.45) is 0 Å². The highest BCUT2D eigenvalue weighted by Gasteiger charge is 2.12. The first-order chi connectivity index (χ1) is 13.5. The Bertz CT molecular complexity index is 977. The molecule has 2 amide bonds. The summed E-state index contributed by atoms with van der Waals surface area (Å²) in [6, 6.07) is 20.8. The van der Waals surface area contributed by atoms with E-state index >= 15 is 0 Å². The van der Waals surface area contributed by atoms with Gasteiger partial charge in [-0.25, -0.2) is 0 Å². The lowest BCUT2D eigenvalue weighted by molar-refractivity contribution is 0.0846. The summed E-state index contributed by atoms with van der Waals surface area (Å²) in [5.41, 5.74) is 6.29. The molecule has 0 atom stereocenters. The van der Waals surface area contributed by atoms with Gasteiger partial charge in [-0.2, -0.15) is 0 Å². The number of ether oxygens (including phenoxy) is 1. The van der Waals surface area contributed by atoms with E-state index in [1.807, 2.05) is 30.3 Å². The van der Waals surface area contributed by atoms with Crippen molar-refractivity contribution in [1.29, 1.82) is 0 Å². The van der Waals surface area contributed by atoms with E-state index in [1.54, 1.807) is 30.3 Å². The summed E-state index contributed by atoms with van der Waals surface area (Å²) in [4.78, 5) is 24.3. The van der Waals surface area contributed by atoms with E-state index in [0.717, 1.165) is 5.56 Å². The van der Waals surface area contributed by atoms with Crippen LogP contribution in [0, 0.1) is 0 Å². The maximum absolute atomic E-state index is 12.2. The Morgan fingerprint density at radius 1 is 0.821 bits per heavy atom. The first-order valence-corrected chi connectivity index (χ1v) is 9.11. The minimum Gasteiger partial charge on any atom is -0.489 e. The molecule has 0 radical (unpaired) electrons. The van der Waals surface area contributed by atoms with Gasteiger partial charge >= 0.3 is 0 Å². The van der Waals surface area contributed by atoms with Crippen molar-refractivity contribution in [3.05, 3.63) is 99.5 Å². The quantitative estimate of drug-likeness (QED) is 0.597. The van der Waals surface area contributed by atoms with Gasteiger partial charge < -0.3 is 4.74 Å². The fourth-order valence-electron chi connectivity index (χ4n) is 2.37. The lowest BCUT2D eigenvalue weighted by atomic mass is 10.2. The van der Waals surface area contributed by atoms with Crippen LogP contribution in [-0.2, 0) is 6.61 Å². The smallest absolute Gasteiger partial charge is 0.271 e. The van der Waals surface area contributed by atoms with Crippen LogP contribution in [0.5, 0.6) is 5.75 Å². The zero-order chi connectivity index (χ0) is 19.9. The number of carbonyl (C=O) groups excluding carboxylic acids is 2. The van der Waals surface area contributed by atoms with Crippen LogP contribution in [0.3, 0.4) is 0 Å². The van der Waals surface area contributed by atoms with Crippen molar-refractivity contribution in [2.45, 2.75) is 6.61 Å². The number of benzene rings is 3. The molecule has 0 unspecified atom stereocenters. The Kier molecular flexibility index (Phi) is 6.53. The predicted molar refractivity (Wildman–Crippen MR) is 109 cm³/mol. The Balaban J connectivity index is 1.53. The molecule has 0 aliphatic heterocycles. The SMILES string of the molecule is O=C(NNC(=O)c1ccc(Cl)cc1Cl)c1ccc(OCc2ccccc2)cc1. The fourth-order valence-corrected chi connectivity index (χ4v) is 2.86. The van der Waals surface area contributed by atoms with E-state index in [1.165, 1.54) is 12.1 Å². The number of hydrazine groups is 1. The highest BCUT2D eigenvalue weighted by molar-refractivity contribution is 6.36. The normalized spacial score (nSPS) is 10.2. The Morgan fingerprint density at radius 2 is 1.50 bits per heavy atom. The molecule has 0 fully saturated rings. The van der Waals surface area contributed by atoms with Crippen LogP contribution >= 0.6 is 23.2 Å². The maximum atomic E-state index is 12.2.